The van der Waals surface area contributed by atoms with Gasteiger partial charge in [-0.05, 0) is 19.8 Å². The Bertz CT molecular complexity index is 339. The van der Waals surface area contributed by atoms with Crippen LogP contribution in [0.15, 0.2) is 0 Å². The predicted octanol–water partition coefficient (Wildman–Crippen LogP) is 1.38. The fourth-order valence-electron chi connectivity index (χ4n) is 1.36. The molecule has 0 aromatic heterocycles. The van der Waals surface area contributed by atoms with Crippen LogP contribution in [0.1, 0.15) is 52.9 Å². The largest absolute Gasteiger partial charge is 0.466 e. The molecule has 0 aliphatic heterocycles. The van der Waals surface area contributed by atoms with Crippen molar-refractivity contribution in [1.29, 1.82) is 0 Å². The molecule has 1 atom stereocenters. The number of hydrogen-bond acceptors (Lipinski definition) is 6. The normalized spacial score (nSPS) is 13.4. The van der Waals surface area contributed by atoms with Gasteiger partial charge in [0.1, 0.15) is 0 Å². The van der Waals surface area contributed by atoms with Crippen molar-refractivity contribution in [3.05, 3.63) is 0 Å². The third kappa shape index (κ3) is 6.14. The Labute approximate surface area is 119 Å². The SMILES string of the molecule is CCCCOC(=O)C[C@](O)(C(C)=O)C(=O)OCCCC. The molecule has 6 nitrogen and oxygen atoms in total. The molecule has 0 amide bonds. The Morgan fingerprint density at radius 1 is 1.00 bits per heavy atom. The standard InChI is InChI=1S/C14H24O6/c1-4-6-8-19-12(16)10-14(18,11(3)15)13(17)20-9-7-5-2/h18H,4-10H2,1-3H3/t14-/m0/s1. The lowest BCUT2D eigenvalue weighted by Crippen LogP contribution is -2.48. The summed E-state index contributed by atoms with van der Waals surface area (Å²) in [6.07, 6.45) is 2.26. The van der Waals surface area contributed by atoms with Gasteiger partial charge in [-0.25, -0.2) is 4.79 Å². The van der Waals surface area contributed by atoms with Crippen molar-refractivity contribution in [3.8, 4) is 0 Å². The minimum Gasteiger partial charge on any atom is -0.466 e. The first-order chi connectivity index (χ1) is 9.38. The van der Waals surface area contributed by atoms with Crippen LogP contribution in [-0.4, -0.2) is 41.6 Å². The van der Waals surface area contributed by atoms with E-state index in [4.69, 9.17) is 9.47 Å². The van der Waals surface area contributed by atoms with E-state index in [9.17, 15) is 19.5 Å². The van der Waals surface area contributed by atoms with Crippen molar-refractivity contribution < 1.29 is 29.0 Å². The average molecular weight is 288 g/mol. The van der Waals surface area contributed by atoms with Gasteiger partial charge in [0.2, 0.25) is 5.60 Å². The zero-order chi connectivity index (χ0) is 15.6. The van der Waals surface area contributed by atoms with Crippen LogP contribution in [0.5, 0.6) is 0 Å². The van der Waals surface area contributed by atoms with Crippen LogP contribution in [-0.2, 0) is 23.9 Å². The van der Waals surface area contributed by atoms with Crippen molar-refractivity contribution in [2.24, 2.45) is 0 Å². The van der Waals surface area contributed by atoms with Crippen LogP contribution in [0, 0.1) is 0 Å². The van der Waals surface area contributed by atoms with Gasteiger partial charge in [0.05, 0.1) is 19.6 Å². The molecule has 0 bridgehead atoms. The highest BCUT2D eigenvalue weighted by Gasteiger charge is 2.45. The second-order valence-electron chi connectivity index (χ2n) is 4.66. The number of Topliss-reactive ketones (excluding diaryl/α,β-unsaturated/α-hetero) is 1. The summed E-state index contributed by atoms with van der Waals surface area (Å²) in [4.78, 5) is 34.7. The molecule has 0 aromatic carbocycles. The summed E-state index contributed by atoms with van der Waals surface area (Å²) in [5.41, 5.74) is -2.45. The first-order valence-electron chi connectivity index (χ1n) is 6.94. The number of carbonyl (C=O) groups excluding carboxylic acids is 3. The first kappa shape index (κ1) is 18.6. The van der Waals surface area contributed by atoms with Crippen LogP contribution in [0.4, 0.5) is 0 Å². The summed E-state index contributed by atoms with van der Waals surface area (Å²) in [5.74, 6) is -2.71. The van der Waals surface area contributed by atoms with Gasteiger partial charge in [-0.2, -0.15) is 0 Å². The summed E-state index contributed by atoms with van der Waals surface area (Å²) in [6, 6.07) is 0. The number of aliphatic hydroxyl groups is 1. The van der Waals surface area contributed by atoms with Crippen molar-refractivity contribution in [2.75, 3.05) is 13.2 Å². The molecule has 1 N–H and O–H groups in total. The van der Waals surface area contributed by atoms with E-state index >= 15 is 0 Å². The van der Waals surface area contributed by atoms with Crippen LogP contribution < -0.4 is 0 Å². The van der Waals surface area contributed by atoms with Crippen molar-refractivity contribution >= 4 is 17.7 Å². The lowest BCUT2D eigenvalue weighted by molar-refractivity contribution is -0.176. The minimum absolute atomic E-state index is 0.107. The third-order valence-corrected chi connectivity index (χ3v) is 2.81. The van der Waals surface area contributed by atoms with E-state index < -0.39 is 29.7 Å². The van der Waals surface area contributed by atoms with E-state index in [0.29, 0.717) is 12.8 Å². The molecular formula is C14H24O6. The maximum Gasteiger partial charge on any atom is 0.346 e. The maximum absolute atomic E-state index is 11.7. The molecule has 0 fully saturated rings. The number of unbranched alkanes of at least 4 members (excludes halogenated alkanes) is 2. The number of rotatable bonds is 10. The summed E-state index contributed by atoms with van der Waals surface area (Å²) >= 11 is 0. The van der Waals surface area contributed by atoms with Crippen LogP contribution in [0.2, 0.25) is 0 Å². The predicted molar refractivity (Wildman–Crippen MR) is 72.0 cm³/mol. The zero-order valence-corrected chi connectivity index (χ0v) is 12.4. The van der Waals surface area contributed by atoms with Crippen molar-refractivity contribution in [3.63, 3.8) is 0 Å². The molecule has 0 saturated heterocycles. The van der Waals surface area contributed by atoms with Crippen molar-refractivity contribution in [1.82, 2.24) is 0 Å². The van der Waals surface area contributed by atoms with Crippen LogP contribution >= 0.6 is 0 Å². The number of ether oxygens (including phenoxy) is 2. The molecular weight excluding hydrogens is 264 g/mol. The van der Waals surface area contributed by atoms with E-state index in [2.05, 4.69) is 0 Å². The second-order valence-corrected chi connectivity index (χ2v) is 4.66. The summed E-state index contributed by atoms with van der Waals surface area (Å²) in [5, 5.41) is 10.1. The minimum atomic E-state index is -2.45. The van der Waals surface area contributed by atoms with E-state index in [1.54, 1.807) is 0 Å². The quantitative estimate of drug-likeness (QED) is 0.371. The molecule has 0 unspecified atom stereocenters. The number of esters is 2. The highest BCUT2D eigenvalue weighted by molar-refractivity contribution is 6.08. The Morgan fingerprint density at radius 2 is 1.50 bits per heavy atom. The lowest BCUT2D eigenvalue weighted by Gasteiger charge is -2.22. The molecule has 0 radical (unpaired) electrons. The van der Waals surface area contributed by atoms with Gasteiger partial charge < -0.3 is 14.6 Å². The number of hydrogen-bond donors (Lipinski definition) is 1. The average Bonchev–Trinajstić information content (AvgIpc) is 2.38. The molecule has 0 aliphatic rings. The third-order valence-electron chi connectivity index (χ3n) is 2.81. The van der Waals surface area contributed by atoms with Gasteiger partial charge in [-0.1, -0.05) is 26.7 Å². The molecule has 0 aliphatic carbocycles. The van der Waals surface area contributed by atoms with Crippen LogP contribution in [0.25, 0.3) is 0 Å². The molecule has 0 aromatic rings. The molecule has 0 heterocycles. The van der Waals surface area contributed by atoms with E-state index in [0.717, 1.165) is 19.8 Å². The fraction of sp³-hybridized carbons (Fsp3) is 0.786. The monoisotopic (exact) mass is 288 g/mol. The summed E-state index contributed by atoms with van der Waals surface area (Å²) in [6.45, 7) is 5.20. The van der Waals surface area contributed by atoms with E-state index in [1.807, 2.05) is 13.8 Å². The highest BCUT2D eigenvalue weighted by Crippen LogP contribution is 2.16. The Kier molecular flexibility index (Phi) is 8.79. The van der Waals surface area contributed by atoms with Gasteiger partial charge in [0.15, 0.2) is 5.78 Å². The van der Waals surface area contributed by atoms with Gasteiger partial charge in [-0.15, -0.1) is 0 Å². The van der Waals surface area contributed by atoms with E-state index in [-0.39, 0.29) is 13.2 Å². The van der Waals surface area contributed by atoms with Crippen LogP contribution in [0.3, 0.4) is 0 Å². The molecule has 20 heavy (non-hydrogen) atoms. The van der Waals surface area contributed by atoms with Gasteiger partial charge in [-0.3, -0.25) is 9.59 Å². The maximum atomic E-state index is 11.7. The van der Waals surface area contributed by atoms with Crippen molar-refractivity contribution in [2.45, 2.75) is 58.5 Å². The molecule has 0 spiro atoms. The molecule has 0 rings (SSSR count). The van der Waals surface area contributed by atoms with E-state index in [1.165, 1.54) is 0 Å². The summed E-state index contributed by atoms with van der Waals surface area (Å²) < 4.78 is 9.66. The molecule has 116 valence electrons. The van der Waals surface area contributed by atoms with Gasteiger partial charge >= 0.3 is 11.9 Å². The zero-order valence-electron chi connectivity index (χ0n) is 12.4. The summed E-state index contributed by atoms with van der Waals surface area (Å²) in [7, 11) is 0. The smallest absolute Gasteiger partial charge is 0.346 e. The Hall–Kier alpha value is -1.43. The van der Waals surface area contributed by atoms with Gasteiger partial charge in [0, 0.05) is 0 Å². The van der Waals surface area contributed by atoms with Gasteiger partial charge in [0.25, 0.3) is 0 Å². The number of carbonyl (C=O) groups is 3. The Balaban J connectivity index is 4.55. The lowest BCUT2D eigenvalue weighted by atomic mass is 9.95. The topological polar surface area (TPSA) is 89.9 Å². The fourth-order valence-corrected chi connectivity index (χ4v) is 1.36. The number of ketones is 1. The first-order valence-corrected chi connectivity index (χ1v) is 6.94. The molecule has 6 heteroatoms. The highest BCUT2D eigenvalue weighted by atomic mass is 16.6. The second kappa shape index (κ2) is 9.47. The Morgan fingerprint density at radius 3 is 1.95 bits per heavy atom. The molecule has 0 saturated carbocycles.